The van der Waals surface area contributed by atoms with Crippen molar-refractivity contribution in [3.63, 3.8) is 0 Å². The minimum absolute atomic E-state index is 0.0613. The molecule has 14 heteroatoms. The minimum atomic E-state index is -0.584. The van der Waals surface area contributed by atoms with Crippen molar-refractivity contribution in [3.8, 4) is 46.0 Å². The third-order valence-corrected chi connectivity index (χ3v) is 18.1. The second kappa shape index (κ2) is 21.0. The number of ether oxygens (including phenoxy) is 10. The van der Waals surface area contributed by atoms with Gasteiger partial charge < -0.3 is 56.3 Å². The summed E-state index contributed by atoms with van der Waals surface area (Å²) in [6, 6.07) is 24.7. The van der Waals surface area contributed by atoms with E-state index in [-0.39, 0.29) is 60.1 Å². The molecule has 10 rings (SSSR count). The molecule has 0 spiro atoms. The SMILES string of the molecule is COc1ccc(OC)c(C[N+]2(Cc3cc(OC)ccc3OC)C3CCC2CC(OC(=O)[C@H]2C4C=CC(C4)[C@@H]2C(=O)OC2CC4CCC(C2)[N+]4(Cc2cc(OC)ccc2OC)Cc2cc(OC)ccc2OC)C3)c1. The molecule has 4 saturated heterocycles. The summed E-state index contributed by atoms with van der Waals surface area (Å²) in [6.45, 7) is 2.81. The van der Waals surface area contributed by atoms with E-state index in [1.165, 1.54) is 0 Å². The Morgan fingerprint density at radius 3 is 0.918 bits per heavy atom. The van der Waals surface area contributed by atoms with Crippen LogP contribution in [0.2, 0.25) is 0 Å². The van der Waals surface area contributed by atoms with Crippen LogP contribution in [-0.2, 0) is 45.2 Å². The Bertz CT molecular complexity index is 2360. The number of benzene rings is 4. The van der Waals surface area contributed by atoms with Crippen molar-refractivity contribution in [1.29, 1.82) is 0 Å². The van der Waals surface area contributed by atoms with Crippen molar-refractivity contribution in [1.82, 2.24) is 0 Å². The minimum Gasteiger partial charge on any atom is -0.497 e. The van der Waals surface area contributed by atoms with Gasteiger partial charge in [-0.3, -0.25) is 9.59 Å². The van der Waals surface area contributed by atoms with Crippen molar-refractivity contribution < 1.29 is 65.9 Å². The summed E-state index contributed by atoms with van der Waals surface area (Å²) < 4.78 is 61.5. The van der Waals surface area contributed by atoms with Crippen LogP contribution in [0.4, 0.5) is 0 Å². The fourth-order valence-corrected chi connectivity index (χ4v) is 14.7. The molecule has 8 atom stereocenters. The number of carbonyl (C=O) groups is 2. The van der Waals surface area contributed by atoms with Crippen molar-refractivity contribution in [2.24, 2.45) is 23.7 Å². The number of carbonyl (C=O) groups excluding carboxylic acids is 2. The number of fused-ring (bicyclic) bond motifs is 6. The molecular formula is C59H74N2O12+2. The van der Waals surface area contributed by atoms with E-state index < -0.39 is 11.8 Å². The average molecular weight is 1000 g/mol. The molecule has 6 aliphatic rings. The highest BCUT2D eigenvalue weighted by Crippen LogP contribution is 2.53. The lowest BCUT2D eigenvalue weighted by molar-refractivity contribution is -0.991. The summed E-state index contributed by atoms with van der Waals surface area (Å²) >= 11 is 0. The molecule has 6 bridgehead atoms. The zero-order valence-electron chi connectivity index (χ0n) is 43.8. The van der Waals surface area contributed by atoms with Crippen molar-refractivity contribution in [2.45, 2.75) is 120 Å². The van der Waals surface area contributed by atoms with Crippen molar-refractivity contribution >= 4 is 11.9 Å². The smallest absolute Gasteiger partial charge is 0.310 e. The van der Waals surface area contributed by atoms with Crippen molar-refractivity contribution in [2.75, 3.05) is 56.9 Å². The van der Waals surface area contributed by atoms with Gasteiger partial charge in [-0.25, -0.2) is 0 Å². The average Bonchev–Trinajstić information content (AvgIpc) is 4.10. The van der Waals surface area contributed by atoms with Crippen LogP contribution >= 0.6 is 0 Å². The van der Waals surface area contributed by atoms with Crippen molar-refractivity contribution in [3.05, 3.63) is 107 Å². The summed E-state index contributed by atoms with van der Waals surface area (Å²) in [6.07, 6.45) is 11.3. The zero-order valence-corrected chi connectivity index (χ0v) is 43.8. The maximum atomic E-state index is 14.8. The Balaban J connectivity index is 0.870. The number of rotatable bonds is 20. The van der Waals surface area contributed by atoms with Gasteiger partial charge in [0.1, 0.15) is 84.4 Å². The van der Waals surface area contributed by atoms with Gasteiger partial charge in [0.05, 0.1) is 115 Å². The predicted octanol–water partition coefficient (Wildman–Crippen LogP) is 9.40. The number of nitrogens with zero attached hydrogens (tertiary/aromatic N) is 2. The molecule has 5 fully saturated rings. The molecule has 4 aromatic carbocycles. The van der Waals surface area contributed by atoms with Gasteiger partial charge in [0, 0.05) is 51.4 Å². The van der Waals surface area contributed by atoms with E-state index in [1.54, 1.807) is 56.9 Å². The van der Waals surface area contributed by atoms with E-state index in [1.807, 2.05) is 48.5 Å². The first-order valence-corrected chi connectivity index (χ1v) is 26.1. The van der Waals surface area contributed by atoms with Crippen LogP contribution in [0.25, 0.3) is 0 Å². The Morgan fingerprint density at radius 2 is 0.671 bits per heavy atom. The lowest BCUT2D eigenvalue weighted by Gasteiger charge is -2.50. The van der Waals surface area contributed by atoms with Crippen LogP contribution in [0.3, 0.4) is 0 Å². The molecule has 0 N–H and O–H groups in total. The fraction of sp³-hybridized carbons (Fsp3) is 0.525. The maximum Gasteiger partial charge on any atom is 0.310 e. The van der Waals surface area contributed by atoms with Gasteiger partial charge >= 0.3 is 11.9 Å². The normalized spacial score (nSPS) is 27.7. The van der Waals surface area contributed by atoms with Gasteiger partial charge in [0.2, 0.25) is 0 Å². The Labute approximate surface area is 430 Å². The third kappa shape index (κ3) is 9.43. The monoisotopic (exact) mass is 1000 g/mol. The lowest BCUT2D eigenvalue weighted by Crippen LogP contribution is -2.60. The number of esters is 2. The predicted molar refractivity (Wildman–Crippen MR) is 273 cm³/mol. The number of piperidine rings is 2. The molecular weight excluding hydrogens is 929 g/mol. The molecule has 73 heavy (non-hydrogen) atoms. The highest BCUT2D eigenvalue weighted by atomic mass is 16.6. The number of hydrogen-bond acceptors (Lipinski definition) is 12. The molecule has 4 aliphatic heterocycles. The van der Waals surface area contributed by atoms with Crippen LogP contribution in [0.1, 0.15) is 80.0 Å². The molecule has 14 nitrogen and oxygen atoms in total. The molecule has 0 amide bonds. The molecule has 1 saturated carbocycles. The molecule has 2 aliphatic carbocycles. The quantitative estimate of drug-likeness (QED) is 0.0476. The lowest BCUT2D eigenvalue weighted by atomic mass is 9.82. The number of methoxy groups -OCH3 is 8. The zero-order chi connectivity index (χ0) is 51.0. The molecule has 4 aromatic rings. The summed E-state index contributed by atoms with van der Waals surface area (Å²) in [7, 11) is 13.6. The second-order valence-electron chi connectivity index (χ2n) is 21.4. The van der Waals surface area contributed by atoms with Gasteiger partial charge in [-0.2, -0.15) is 0 Å². The Morgan fingerprint density at radius 1 is 0.397 bits per heavy atom. The number of allylic oxidation sites excluding steroid dienone is 2. The van der Waals surface area contributed by atoms with Crippen LogP contribution in [0.5, 0.6) is 46.0 Å². The summed E-state index contributed by atoms with van der Waals surface area (Å²) in [5.41, 5.74) is 4.26. The number of hydrogen-bond donors (Lipinski definition) is 0. The summed E-state index contributed by atoms with van der Waals surface area (Å²) in [5.74, 6) is 4.52. The standard InChI is InChI=1S/C59H74N2O12/c1-64-46-15-19-52(68-5)38(24-46)32-60(33-39-25-47(65-2)16-20-53(39)69-6)42-11-12-43(60)29-50(28-42)72-58(62)56-36-9-10-37(23-36)57(56)59(63)73-51-30-44-13-14-45(31-51)61(44,34-40-26-48(66-3)17-21-54(40)70-7)35-41-27-49(67-4)18-22-55(41)71-8/h9-10,15-22,24-27,36-37,42-45,50-51,56-57H,11-14,23,28-35H2,1-8H3/q+2/t36?,37?,42?,43?,44?,45?,50?,51?,56-,57-/m0/s1. The maximum absolute atomic E-state index is 14.8. The van der Waals surface area contributed by atoms with E-state index in [9.17, 15) is 9.59 Å². The number of quaternary nitrogens is 2. The third-order valence-electron chi connectivity index (χ3n) is 18.1. The van der Waals surface area contributed by atoms with E-state index >= 15 is 0 Å². The first kappa shape index (κ1) is 50.4. The van der Waals surface area contributed by atoms with Crippen LogP contribution in [-0.4, -0.2) is 114 Å². The molecule has 6 unspecified atom stereocenters. The summed E-state index contributed by atoms with van der Waals surface area (Å²) in [4.78, 5) is 29.5. The van der Waals surface area contributed by atoms with E-state index in [4.69, 9.17) is 47.4 Å². The molecule has 0 aromatic heterocycles. The van der Waals surface area contributed by atoms with Gasteiger partial charge in [0.15, 0.2) is 0 Å². The second-order valence-corrected chi connectivity index (χ2v) is 21.4. The topological polar surface area (TPSA) is 126 Å². The Kier molecular flexibility index (Phi) is 14.5. The van der Waals surface area contributed by atoms with E-state index in [2.05, 4.69) is 36.4 Å². The van der Waals surface area contributed by atoms with E-state index in [0.717, 1.165) is 109 Å². The van der Waals surface area contributed by atoms with Crippen LogP contribution in [0, 0.1) is 23.7 Å². The van der Waals surface area contributed by atoms with Gasteiger partial charge in [-0.15, -0.1) is 0 Å². The highest BCUT2D eigenvalue weighted by Gasteiger charge is 2.59. The molecule has 0 radical (unpaired) electrons. The van der Waals surface area contributed by atoms with Crippen LogP contribution in [0.15, 0.2) is 84.9 Å². The first-order chi connectivity index (χ1) is 35.5. The molecule has 4 heterocycles. The summed E-state index contributed by atoms with van der Waals surface area (Å²) in [5, 5.41) is 0. The van der Waals surface area contributed by atoms with Gasteiger partial charge in [-0.1, -0.05) is 12.2 Å². The largest absolute Gasteiger partial charge is 0.497 e. The van der Waals surface area contributed by atoms with Crippen LogP contribution < -0.4 is 37.9 Å². The van der Waals surface area contributed by atoms with Gasteiger partial charge in [-0.05, 0) is 91.1 Å². The van der Waals surface area contributed by atoms with Gasteiger partial charge in [0.25, 0.3) is 0 Å². The fourth-order valence-electron chi connectivity index (χ4n) is 14.7. The molecule has 390 valence electrons. The Hall–Kier alpha value is -6.12. The highest BCUT2D eigenvalue weighted by molar-refractivity contribution is 5.84. The van der Waals surface area contributed by atoms with E-state index in [0.29, 0.717) is 51.9 Å². The first-order valence-electron chi connectivity index (χ1n) is 26.1.